The lowest BCUT2D eigenvalue weighted by molar-refractivity contribution is -0.148. The molecule has 0 aromatic carbocycles. The fourth-order valence-electron chi connectivity index (χ4n) is 4.37. The Kier molecular flexibility index (Phi) is 34.0. The van der Waals surface area contributed by atoms with E-state index >= 15 is 0 Å². The summed E-state index contributed by atoms with van der Waals surface area (Å²) in [6.45, 7) is 11.5. The smallest absolute Gasteiger partial charge is 0.308 e. The third-order valence-corrected chi connectivity index (χ3v) is 6.82. The van der Waals surface area contributed by atoms with Crippen LogP contribution in [0.25, 0.3) is 0 Å². The molecule has 0 spiro atoms. The molecule has 0 aliphatic heterocycles. The summed E-state index contributed by atoms with van der Waals surface area (Å²) < 4.78 is 5.32. The monoisotopic (exact) mass is 483 g/mol. The van der Waals surface area contributed by atoms with E-state index in [0.717, 1.165) is 19.3 Å². The minimum Gasteiger partial charge on any atom is -0.465 e. The van der Waals surface area contributed by atoms with Crippen molar-refractivity contribution in [1.29, 1.82) is 0 Å². The lowest BCUT2D eigenvalue weighted by atomic mass is 10.0. The van der Waals surface area contributed by atoms with Gasteiger partial charge in [0, 0.05) is 0 Å². The van der Waals surface area contributed by atoms with Crippen molar-refractivity contribution in [3.8, 4) is 0 Å². The van der Waals surface area contributed by atoms with Crippen LogP contribution in [0.3, 0.4) is 0 Å². The number of esters is 1. The van der Waals surface area contributed by atoms with E-state index in [4.69, 9.17) is 4.74 Å². The lowest BCUT2D eigenvalue weighted by Gasteiger charge is -2.10. The largest absolute Gasteiger partial charge is 0.465 e. The summed E-state index contributed by atoms with van der Waals surface area (Å²) >= 11 is 0. The molecule has 0 saturated carbocycles. The molecule has 0 bridgehead atoms. The quantitative estimate of drug-likeness (QED) is 0.0954. The third kappa shape index (κ3) is 31.5. The highest BCUT2D eigenvalue weighted by Crippen LogP contribution is 2.13. The molecule has 1 atom stereocenters. The van der Waals surface area contributed by atoms with Gasteiger partial charge < -0.3 is 4.74 Å². The van der Waals surface area contributed by atoms with E-state index < -0.39 is 0 Å². The Morgan fingerprint density at radius 3 is 1.06 bits per heavy atom. The van der Waals surface area contributed by atoms with Crippen molar-refractivity contribution < 1.29 is 9.53 Å². The molecule has 0 radical (unpaired) electrons. The molecule has 0 N–H and O–H groups in total. The van der Waals surface area contributed by atoms with E-state index in [0.29, 0.717) is 6.61 Å². The zero-order valence-corrected chi connectivity index (χ0v) is 24.6. The molecule has 0 aliphatic rings. The molecule has 2 nitrogen and oxygen atoms in total. The van der Waals surface area contributed by atoms with Crippen molar-refractivity contribution in [2.75, 3.05) is 6.61 Å². The molecule has 0 aromatic heterocycles. The molecule has 0 aliphatic carbocycles. The highest BCUT2D eigenvalue weighted by atomic mass is 16.5. The van der Waals surface area contributed by atoms with Gasteiger partial charge in [-0.3, -0.25) is 4.79 Å². The summed E-state index contributed by atoms with van der Waals surface area (Å²) in [6, 6.07) is 0. The molecule has 0 aromatic rings. The van der Waals surface area contributed by atoms with Gasteiger partial charge in [0.05, 0.1) is 12.5 Å². The first-order valence-corrected chi connectivity index (χ1v) is 15.8. The number of hydrogen-bond acceptors (Lipinski definition) is 2. The van der Waals surface area contributed by atoms with E-state index in [1.165, 1.54) is 135 Å². The van der Waals surface area contributed by atoms with Crippen LogP contribution in [0.1, 0.15) is 189 Å². The molecular weight excluding hydrogens is 416 g/mol. The molecule has 0 heterocycles. The average molecular weight is 483 g/mol. The summed E-state index contributed by atoms with van der Waals surface area (Å²) in [6.07, 6.45) is 32.5. The second kappa shape index (κ2) is 32.5. The molecular formula is C32H66O2. The normalized spacial score (nSPS) is 11.7. The number of carbonyl (C=O) groups excluding carboxylic acids is 1. The number of hydrogen-bond donors (Lipinski definition) is 0. The van der Waals surface area contributed by atoms with Crippen molar-refractivity contribution in [2.45, 2.75) is 189 Å². The van der Waals surface area contributed by atoms with Crippen LogP contribution >= 0.6 is 0 Å². The van der Waals surface area contributed by atoms with Gasteiger partial charge in [0.1, 0.15) is 0 Å². The van der Waals surface area contributed by atoms with Crippen LogP contribution in [0.15, 0.2) is 0 Å². The van der Waals surface area contributed by atoms with E-state index in [1.807, 2.05) is 6.92 Å². The maximum Gasteiger partial charge on any atom is 0.308 e. The molecule has 2 heteroatoms. The van der Waals surface area contributed by atoms with E-state index in [-0.39, 0.29) is 11.9 Å². The van der Waals surface area contributed by atoms with Gasteiger partial charge in [-0.1, -0.05) is 176 Å². The van der Waals surface area contributed by atoms with Crippen LogP contribution in [0, 0.1) is 5.92 Å². The standard InChI is InChI=1S/C22H44O2.C10H22/c1-4-6-7-8-9-10-11-12-13-14-15-16-17-18-20-24-22(23)21(3)19-5-2;1-3-5-7-9-10-8-6-4-2/h21H,4-20H2,1-3H3;3-10H2,1-2H3. The molecule has 206 valence electrons. The van der Waals surface area contributed by atoms with Crippen molar-refractivity contribution >= 4 is 5.97 Å². The maximum atomic E-state index is 11.6. The zero-order valence-electron chi connectivity index (χ0n) is 24.6. The second-order valence-electron chi connectivity index (χ2n) is 10.6. The molecule has 1 unspecified atom stereocenters. The van der Waals surface area contributed by atoms with E-state index in [2.05, 4.69) is 27.7 Å². The first-order valence-electron chi connectivity index (χ1n) is 15.8. The van der Waals surface area contributed by atoms with Crippen LogP contribution in [0.2, 0.25) is 0 Å². The molecule has 34 heavy (non-hydrogen) atoms. The lowest BCUT2D eigenvalue weighted by Crippen LogP contribution is -2.15. The molecule has 0 saturated heterocycles. The van der Waals surface area contributed by atoms with Gasteiger partial charge in [0.15, 0.2) is 0 Å². The molecule has 0 fully saturated rings. The van der Waals surface area contributed by atoms with Gasteiger partial charge in [0.25, 0.3) is 0 Å². The highest BCUT2D eigenvalue weighted by Gasteiger charge is 2.12. The Balaban J connectivity index is 0. The SMILES string of the molecule is CCCCCCCCCC.CCCCCCCCCCCCCCCCOC(=O)C(C)CCC. The topological polar surface area (TPSA) is 26.3 Å². The second-order valence-corrected chi connectivity index (χ2v) is 10.6. The van der Waals surface area contributed by atoms with Crippen molar-refractivity contribution in [3.63, 3.8) is 0 Å². The predicted molar refractivity (Wildman–Crippen MR) is 154 cm³/mol. The van der Waals surface area contributed by atoms with Crippen LogP contribution in [-0.4, -0.2) is 12.6 Å². The fraction of sp³-hybridized carbons (Fsp3) is 0.969. The first kappa shape index (κ1) is 35.6. The van der Waals surface area contributed by atoms with Gasteiger partial charge in [-0.15, -0.1) is 0 Å². The third-order valence-electron chi connectivity index (χ3n) is 6.82. The van der Waals surface area contributed by atoms with Gasteiger partial charge in [0.2, 0.25) is 0 Å². The first-order chi connectivity index (χ1) is 16.6. The minimum absolute atomic E-state index is 0.00783. The van der Waals surface area contributed by atoms with Crippen molar-refractivity contribution in [3.05, 3.63) is 0 Å². The van der Waals surface area contributed by atoms with E-state index in [1.54, 1.807) is 0 Å². The number of carbonyl (C=O) groups is 1. The highest BCUT2D eigenvalue weighted by molar-refractivity contribution is 5.71. The van der Waals surface area contributed by atoms with E-state index in [9.17, 15) is 4.79 Å². The van der Waals surface area contributed by atoms with Crippen LogP contribution in [0.5, 0.6) is 0 Å². The van der Waals surface area contributed by atoms with Gasteiger partial charge >= 0.3 is 5.97 Å². The number of rotatable bonds is 25. The van der Waals surface area contributed by atoms with Crippen molar-refractivity contribution in [1.82, 2.24) is 0 Å². The number of ether oxygens (including phenoxy) is 1. The summed E-state index contributed by atoms with van der Waals surface area (Å²) in [7, 11) is 0. The Morgan fingerprint density at radius 2 is 0.765 bits per heavy atom. The summed E-state index contributed by atoms with van der Waals surface area (Å²) in [5.41, 5.74) is 0. The Hall–Kier alpha value is -0.530. The summed E-state index contributed by atoms with van der Waals surface area (Å²) in [5, 5.41) is 0. The van der Waals surface area contributed by atoms with Gasteiger partial charge in [-0.25, -0.2) is 0 Å². The van der Waals surface area contributed by atoms with Crippen LogP contribution < -0.4 is 0 Å². The molecule has 0 amide bonds. The number of unbranched alkanes of at least 4 members (excludes halogenated alkanes) is 20. The fourth-order valence-corrected chi connectivity index (χ4v) is 4.37. The summed E-state index contributed by atoms with van der Waals surface area (Å²) in [5.74, 6) is 0.0631. The summed E-state index contributed by atoms with van der Waals surface area (Å²) in [4.78, 5) is 11.6. The van der Waals surface area contributed by atoms with Crippen molar-refractivity contribution in [2.24, 2.45) is 5.92 Å². The molecule has 0 rings (SSSR count). The predicted octanol–water partition coefficient (Wildman–Crippen LogP) is 11.6. The van der Waals surface area contributed by atoms with Crippen LogP contribution in [0.4, 0.5) is 0 Å². The average Bonchev–Trinajstić information content (AvgIpc) is 2.84. The Labute approximate surface area is 216 Å². The van der Waals surface area contributed by atoms with Gasteiger partial charge in [-0.2, -0.15) is 0 Å². The van der Waals surface area contributed by atoms with Crippen LogP contribution in [-0.2, 0) is 9.53 Å². The Bertz CT molecular complexity index is 358. The minimum atomic E-state index is -0.00783. The van der Waals surface area contributed by atoms with Gasteiger partial charge in [-0.05, 0) is 12.8 Å². The Morgan fingerprint density at radius 1 is 0.471 bits per heavy atom. The maximum absolute atomic E-state index is 11.6. The zero-order chi connectivity index (χ0) is 25.5.